The average molecular weight is 1780 g/mol. The summed E-state index contributed by atoms with van der Waals surface area (Å²) in [6.45, 7) is 51.8. The maximum atomic E-state index is 12.8. The van der Waals surface area contributed by atoms with Crippen molar-refractivity contribution in [3.8, 4) is 0 Å². The lowest BCUT2D eigenvalue weighted by Crippen LogP contribution is -2.67. The highest BCUT2D eigenvalue weighted by Crippen LogP contribution is 2.64. The SMILES string of the molecule is C.C.C.C.C.C.C.C.C.C.C.C.C.C.CCC(C)(C)C(=O)OC1(C(C)C)C2CC3CC(C2)CC1C3.CCC(C)(C)C(=O)OC12CC3CC(O)(CC(O)(C3)C1)C2.CCC(C)(C)C(=O)OC1C2CC3C(=O)OC1C3C2.CCC(C)(C)C(=O)OC1CCOC1=O.CCC(C)(C)C(=O)OCCCC(C)(C)OC(=O)C(C)(C)CC.CCC1(OC(=O)C(C)(C)CC)CCCC1. The smallest absolute Gasteiger partial charge is 0.347 e. The summed E-state index contributed by atoms with van der Waals surface area (Å²) in [4.78, 5) is 107. The van der Waals surface area contributed by atoms with Gasteiger partial charge in [0.2, 0.25) is 6.10 Å². The van der Waals surface area contributed by atoms with Gasteiger partial charge < -0.3 is 52.8 Å². The molecule has 8 atom stereocenters. The summed E-state index contributed by atoms with van der Waals surface area (Å²) in [6.07, 6.45) is 23.7. The maximum absolute atomic E-state index is 12.8. The van der Waals surface area contributed by atoms with Gasteiger partial charge in [-0.15, -0.1) is 0 Å². The Kier molecular flexibility index (Phi) is 58.4. The fraction of sp³-hybridized carbons (Fsp3) is 0.913. The second-order valence-electron chi connectivity index (χ2n) is 41.0. The molecule has 2 saturated heterocycles. The van der Waals surface area contributed by atoms with Crippen LogP contribution in [0.5, 0.6) is 0 Å². The van der Waals surface area contributed by atoms with Gasteiger partial charge in [-0.3, -0.25) is 38.4 Å². The van der Waals surface area contributed by atoms with Crippen molar-refractivity contribution in [3.63, 3.8) is 0 Å². The summed E-state index contributed by atoms with van der Waals surface area (Å²) >= 11 is 0. The average Bonchev–Trinajstić information content (AvgIpc) is 1.06. The molecule has 10 bridgehead atoms. The number of hydrogen-bond acceptors (Lipinski definition) is 20. The van der Waals surface area contributed by atoms with Crippen LogP contribution in [0.25, 0.3) is 0 Å². The molecule has 0 spiro atoms. The number of carbonyl (C=O) groups excluding carboxylic acids is 9. The third-order valence-electron chi connectivity index (χ3n) is 28.7. The van der Waals surface area contributed by atoms with E-state index >= 15 is 0 Å². The van der Waals surface area contributed by atoms with E-state index in [4.69, 9.17) is 42.6 Å². The fourth-order valence-corrected chi connectivity index (χ4v) is 18.6. The van der Waals surface area contributed by atoms with Crippen molar-refractivity contribution in [2.75, 3.05) is 13.2 Å². The minimum absolute atomic E-state index is 0. The molecule has 2 aliphatic heterocycles. The van der Waals surface area contributed by atoms with Gasteiger partial charge in [0.1, 0.15) is 34.6 Å². The van der Waals surface area contributed by atoms with Gasteiger partial charge in [-0.1, -0.05) is 173 Å². The topological polar surface area (TPSA) is 277 Å². The van der Waals surface area contributed by atoms with E-state index in [1.807, 2.05) is 138 Å². The van der Waals surface area contributed by atoms with Crippen LogP contribution in [0.3, 0.4) is 0 Å². The Balaban J connectivity index is -0.000000180. The van der Waals surface area contributed by atoms with E-state index in [0.29, 0.717) is 87.7 Å². The molecule has 20 heteroatoms. The Bertz CT molecular complexity index is 3130. The Hall–Kier alpha value is -4.85. The van der Waals surface area contributed by atoms with Crippen molar-refractivity contribution in [2.45, 2.75) is 516 Å². The summed E-state index contributed by atoms with van der Waals surface area (Å²) < 4.78 is 49.8. The normalized spacial score (nSPS) is 27.7. The summed E-state index contributed by atoms with van der Waals surface area (Å²) in [7, 11) is 0. The van der Waals surface area contributed by atoms with Gasteiger partial charge in [0.15, 0.2) is 0 Å². The molecule has 11 saturated carbocycles. The summed E-state index contributed by atoms with van der Waals surface area (Å²) in [5, 5.41) is 21.3. The van der Waals surface area contributed by atoms with Gasteiger partial charge in [0.25, 0.3) is 0 Å². The van der Waals surface area contributed by atoms with E-state index in [1.54, 1.807) is 13.8 Å². The molecule has 11 aliphatic carbocycles. The van der Waals surface area contributed by atoms with Gasteiger partial charge in [0, 0.05) is 37.5 Å². The van der Waals surface area contributed by atoms with Crippen LogP contribution in [0.15, 0.2) is 0 Å². The van der Waals surface area contributed by atoms with Crippen molar-refractivity contribution >= 4 is 53.7 Å². The zero-order valence-electron chi connectivity index (χ0n) is 73.4. The Morgan fingerprint density at radius 2 is 0.831 bits per heavy atom. The molecule has 0 radical (unpaired) electrons. The maximum Gasteiger partial charge on any atom is 0.347 e. The first-order valence-electron chi connectivity index (χ1n) is 43.0. The minimum Gasteiger partial charge on any atom is -0.465 e. The van der Waals surface area contributed by atoms with Crippen LogP contribution in [0, 0.1) is 91.2 Å². The van der Waals surface area contributed by atoms with Crippen LogP contribution in [-0.4, -0.2) is 129 Å². The fourth-order valence-electron chi connectivity index (χ4n) is 18.6. The predicted molar refractivity (Wildman–Crippen MR) is 516 cm³/mol. The number of carbonyl (C=O) groups is 9. The monoisotopic (exact) mass is 1780 g/mol. The standard InChI is InChI=1S/C19H32O2.C18H34O4.C16H26O4.C14H20O4.C13H24O2.C10H16O4.14CH4/c1-6-18(4,5)17(20)21-19(12(2)3)15-8-13-7-14(10-15)11-16(19)9-13;1-9-16(3,4)14(19)21-13-11-12-18(7,8)22-15(20)17(5,6)10-2;1-4-13(2,3)12(17)20-16-7-11-5-14(18,9-16)8-15(19,6-11)10-16;1-4-14(2,3)13(16)18-10-7-5-8-9(6-7)12(15)17-11(8)10;1-5-12(3,4)11(14)15-13(6-2)9-7-8-10-13;1-4-10(2,3)9(12)14-7-5-6-13-8(7)11;;;;;;;;;;;;;;/h12-16H,6-11H2,1-5H3;9-13H2,1-8H3;11,18-19H,4-10H2,1-3H3;7-11H,4-6H2,1-3H3;5-10H2,1-4H3;7H,4-6H2,1-3H3;14*1H4. The number of rotatable bonds is 26. The first kappa shape index (κ1) is 137. The van der Waals surface area contributed by atoms with Crippen LogP contribution in [0.4, 0.5) is 0 Å². The third-order valence-corrected chi connectivity index (χ3v) is 28.7. The largest absolute Gasteiger partial charge is 0.465 e. The van der Waals surface area contributed by atoms with Gasteiger partial charge in [-0.2, -0.15) is 0 Å². The Morgan fingerprint density at radius 1 is 0.444 bits per heavy atom. The molecule has 13 fully saturated rings. The van der Waals surface area contributed by atoms with Crippen molar-refractivity contribution < 1.29 is 96.0 Å². The number of ether oxygens (including phenoxy) is 9. The lowest BCUT2D eigenvalue weighted by Gasteiger charge is -2.62. The Labute approximate surface area is 765 Å². The van der Waals surface area contributed by atoms with Crippen LogP contribution in [0.1, 0.15) is 464 Å². The molecule has 13 rings (SSSR count). The first-order chi connectivity index (χ1) is 50.6. The molecule has 744 valence electrons. The minimum atomic E-state index is -0.842. The number of esters is 9. The van der Waals surface area contributed by atoms with E-state index in [2.05, 4.69) is 27.7 Å². The van der Waals surface area contributed by atoms with Crippen LogP contribution in [0.2, 0.25) is 0 Å². The van der Waals surface area contributed by atoms with Crippen molar-refractivity contribution in [3.05, 3.63) is 0 Å². The number of hydrogen-bond donors (Lipinski definition) is 2. The van der Waals surface area contributed by atoms with Gasteiger partial charge in [0.05, 0.1) is 68.2 Å². The third kappa shape index (κ3) is 32.9. The molecule has 2 heterocycles. The Morgan fingerprint density at radius 3 is 1.22 bits per heavy atom. The second-order valence-corrected chi connectivity index (χ2v) is 41.0. The summed E-state index contributed by atoms with van der Waals surface area (Å²) in [5.74, 6) is 2.94. The van der Waals surface area contributed by atoms with Crippen LogP contribution >= 0.6 is 0 Å². The highest BCUT2D eigenvalue weighted by Gasteiger charge is 2.67. The molecule has 0 aromatic rings. The van der Waals surface area contributed by atoms with Gasteiger partial charge in [-0.25, -0.2) is 4.79 Å². The molecular weight excluding hydrogens is 1570 g/mol. The lowest BCUT2D eigenvalue weighted by atomic mass is 9.47. The van der Waals surface area contributed by atoms with Crippen LogP contribution in [-0.2, 0) is 85.8 Å². The molecule has 2 N–H and O–H groups in total. The molecular formula is C104H208O20. The number of cyclic esters (lactones) is 1. The van der Waals surface area contributed by atoms with Gasteiger partial charge in [-0.05, 0) is 300 Å². The molecule has 0 aromatic carbocycles. The van der Waals surface area contributed by atoms with Crippen molar-refractivity contribution in [2.24, 2.45) is 91.2 Å². The van der Waals surface area contributed by atoms with Crippen molar-refractivity contribution in [1.82, 2.24) is 0 Å². The van der Waals surface area contributed by atoms with Gasteiger partial charge >= 0.3 is 53.7 Å². The molecule has 0 amide bonds. The zero-order valence-corrected chi connectivity index (χ0v) is 73.4. The molecule has 124 heavy (non-hydrogen) atoms. The highest BCUT2D eigenvalue weighted by atomic mass is 16.6. The molecule has 13 aliphatic rings. The van der Waals surface area contributed by atoms with E-state index < -0.39 is 61.6 Å². The molecule has 0 aromatic heterocycles. The summed E-state index contributed by atoms with van der Waals surface area (Å²) in [6, 6.07) is 0. The van der Waals surface area contributed by atoms with E-state index in [-0.39, 0.29) is 198 Å². The zero-order chi connectivity index (χ0) is 83.2. The predicted octanol–water partition coefficient (Wildman–Crippen LogP) is 27.3. The second kappa shape index (κ2) is 52.9. The van der Waals surface area contributed by atoms with E-state index in [9.17, 15) is 53.4 Å². The van der Waals surface area contributed by atoms with E-state index in [1.165, 1.54) is 44.9 Å². The quantitative estimate of drug-likeness (QED) is 0.0462. The lowest BCUT2D eigenvalue weighted by molar-refractivity contribution is -0.264. The molecule has 8 unspecified atom stereocenters. The van der Waals surface area contributed by atoms with Crippen molar-refractivity contribution in [1.29, 1.82) is 0 Å². The van der Waals surface area contributed by atoms with Crippen LogP contribution < -0.4 is 0 Å². The van der Waals surface area contributed by atoms with E-state index in [0.717, 1.165) is 102 Å². The summed E-state index contributed by atoms with van der Waals surface area (Å²) in [5.41, 5.74) is -6.25. The number of fused-ring (bicyclic) bond motifs is 1. The number of aliphatic hydroxyl groups is 2. The first-order valence-corrected chi connectivity index (χ1v) is 43.0. The molecule has 20 nitrogen and oxygen atoms in total. The highest BCUT2D eigenvalue weighted by molar-refractivity contribution is 5.83.